The summed E-state index contributed by atoms with van der Waals surface area (Å²) in [6.45, 7) is -2.86. The van der Waals surface area contributed by atoms with Gasteiger partial charge in [-0.1, -0.05) is 0 Å². The number of anilines is 2. The minimum Gasteiger partial charge on any atom is -0.422 e. The van der Waals surface area contributed by atoms with Gasteiger partial charge in [0, 0.05) is 50.0 Å². The average molecular weight is 855 g/mol. The van der Waals surface area contributed by atoms with E-state index in [-0.39, 0.29) is 45.2 Å². The molecule has 0 amide bonds. The molecule has 4 N–H and O–H groups in total. The fraction of sp³-hybridized carbons (Fsp3) is 0.364. The molecule has 4 atom stereocenters. The smallest absolute Gasteiger partial charge is 0.422 e. The molecule has 2 aliphatic heterocycles. The number of alkyl halides is 8. The summed E-state index contributed by atoms with van der Waals surface area (Å²) in [6, 6.07) is -2.15. The van der Waals surface area contributed by atoms with Gasteiger partial charge in [0.25, 0.3) is 11.1 Å². The fourth-order valence-electron chi connectivity index (χ4n) is 7.40. The second-order valence-corrected chi connectivity index (χ2v) is 13.7. The first kappa shape index (κ1) is 39.7. The molecule has 0 saturated carbocycles. The van der Waals surface area contributed by atoms with Crippen molar-refractivity contribution in [3.63, 3.8) is 0 Å². The molecule has 2 aliphatic rings. The number of aromatic nitrogens is 10. The highest BCUT2D eigenvalue weighted by Crippen LogP contribution is 2.44. The maximum atomic E-state index is 15.9. The van der Waals surface area contributed by atoms with Crippen molar-refractivity contribution in [1.29, 1.82) is 0 Å². The molecule has 6 aromatic rings. The molecule has 8 rings (SSSR count). The van der Waals surface area contributed by atoms with Gasteiger partial charge in [-0.2, -0.15) is 10.2 Å². The maximum Gasteiger partial charge on any atom is 0.509 e. The molecule has 0 aromatic carbocycles. The summed E-state index contributed by atoms with van der Waals surface area (Å²) in [6.07, 6.45) is -10.6. The van der Waals surface area contributed by atoms with Crippen molar-refractivity contribution in [3.8, 4) is 22.5 Å². The highest BCUT2D eigenvalue weighted by Gasteiger charge is 2.61. The zero-order valence-electron chi connectivity index (χ0n) is 29.9. The number of hydrogen-bond acceptors (Lipinski definition) is 13. The van der Waals surface area contributed by atoms with Gasteiger partial charge >= 0.3 is 29.4 Å². The Bertz CT molecular complexity index is 2670. The van der Waals surface area contributed by atoms with Gasteiger partial charge in [-0.3, -0.25) is 19.6 Å². The number of carbonyl (C=O) groups excluding carboxylic acids is 1. The fourth-order valence-corrected chi connectivity index (χ4v) is 7.40. The topological polar surface area (TPSA) is 234 Å². The van der Waals surface area contributed by atoms with E-state index in [1.165, 1.54) is 24.8 Å². The van der Waals surface area contributed by atoms with E-state index in [1.54, 1.807) is 0 Å². The van der Waals surface area contributed by atoms with Crippen LogP contribution in [-0.4, -0.2) is 117 Å². The normalized spacial score (nSPS) is 21.2. The molecular weight excluding hydrogens is 828 g/mol. The van der Waals surface area contributed by atoms with E-state index in [9.17, 15) is 41.5 Å². The summed E-state index contributed by atoms with van der Waals surface area (Å²) < 4.78 is 132. The number of hydrogen-bond donors (Lipinski definition) is 4. The van der Waals surface area contributed by atoms with Crippen LogP contribution in [-0.2, 0) is 9.47 Å². The van der Waals surface area contributed by atoms with Crippen molar-refractivity contribution in [2.45, 2.75) is 61.8 Å². The number of rotatable bonds is 10. The Labute approximate surface area is 325 Å². The first-order chi connectivity index (χ1) is 28.4. The van der Waals surface area contributed by atoms with Crippen LogP contribution in [0.5, 0.6) is 0 Å². The summed E-state index contributed by atoms with van der Waals surface area (Å²) in [5, 5.41) is 8.33. The lowest BCUT2D eigenvalue weighted by Crippen LogP contribution is -2.46. The molecule has 2 saturated heterocycles. The van der Waals surface area contributed by atoms with Crippen LogP contribution in [0.25, 0.3) is 33.8 Å². The Hall–Kier alpha value is -7.09. The van der Waals surface area contributed by atoms with Crippen LogP contribution in [0.2, 0.25) is 0 Å². The van der Waals surface area contributed by atoms with E-state index >= 15 is 17.6 Å². The monoisotopic (exact) mass is 854 g/mol. The molecule has 0 spiro atoms. The Morgan fingerprint density at radius 3 is 1.47 bits per heavy atom. The van der Waals surface area contributed by atoms with Gasteiger partial charge in [0.15, 0.2) is 23.5 Å². The third kappa shape index (κ3) is 7.18. The molecule has 316 valence electrons. The molecule has 0 radical (unpaired) electrons. The Morgan fingerprint density at radius 1 is 0.700 bits per heavy atom. The zero-order valence-corrected chi connectivity index (χ0v) is 29.9. The highest BCUT2D eigenvalue weighted by molar-refractivity contribution is 5.77. The Kier molecular flexibility index (Phi) is 9.68. The standard InChI is InChI=1S/C33H26F8N12O7/c34-21(35)7-17-23(32(38,39)11-50(17)19-5-15(48-52-3-1-42-25(19)52)13-9-44-29(56)46-27(13)54)59-31(58)60-24-18(8-22(36)37)51(12-33(24,40)41)20-6-16(49-53-4-2-43-26(20)53)14-10-45-30(57)47-28(14)55/h1-6,9-10,17-18,21-24H,7-8,11-12H2,(H2,44,46,54,56)(H2,45,47,55,57)/t17-,18-,23-,24-/m1/s1. The minimum absolute atomic E-state index is 0.186. The molecular formula is C33H26F8N12O7. The van der Waals surface area contributed by atoms with Gasteiger partial charge in [0.05, 0.1) is 47.7 Å². The minimum atomic E-state index is -4.20. The number of aromatic amines is 4. The van der Waals surface area contributed by atoms with Crippen LogP contribution in [0, 0.1) is 0 Å². The van der Waals surface area contributed by atoms with E-state index in [0.717, 1.165) is 33.6 Å². The van der Waals surface area contributed by atoms with Crippen LogP contribution < -0.4 is 32.3 Å². The predicted molar refractivity (Wildman–Crippen MR) is 188 cm³/mol. The van der Waals surface area contributed by atoms with E-state index in [4.69, 9.17) is 9.47 Å². The Balaban J connectivity index is 1.12. The number of imidazole rings is 2. The number of carbonyl (C=O) groups is 1. The number of nitrogens with zero attached hydrogens (tertiary/aromatic N) is 8. The predicted octanol–water partition coefficient (Wildman–Crippen LogP) is 2.41. The van der Waals surface area contributed by atoms with Crippen molar-refractivity contribution < 1.29 is 49.4 Å². The van der Waals surface area contributed by atoms with Crippen molar-refractivity contribution in [2.75, 3.05) is 22.9 Å². The summed E-state index contributed by atoms with van der Waals surface area (Å²) in [4.78, 5) is 79.5. The van der Waals surface area contributed by atoms with Crippen molar-refractivity contribution in [3.05, 3.63) is 91.0 Å². The van der Waals surface area contributed by atoms with Crippen LogP contribution in [0.15, 0.2) is 68.5 Å². The number of nitrogens with one attached hydrogen (secondary N) is 4. The number of halogens is 8. The molecule has 6 aromatic heterocycles. The molecule has 8 heterocycles. The molecule has 0 unspecified atom stereocenters. The lowest BCUT2D eigenvalue weighted by Gasteiger charge is -2.30. The lowest BCUT2D eigenvalue weighted by atomic mass is 10.1. The maximum absolute atomic E-state index is 15.9. The second kappa shape index (κ2) is 14.6. The highest BCUT2D eigenvalue weighted by atomic mass is 19.3. The van der Waals surface area contributed by atoms with Gasteiger partial charge < -0.3 is 29.2 Å². The van der Waals surface area contributed by atoms with Crippen molar-refractivity contribution in [2.24, 2.45) is 0 Å². The van der Waals surface area contributed by atoms with Gasteiger partial charge in [0.2, 0.25) is 12.9 Å². The van der Waals surface area contributed by atoms with Crippen LogP contribution >= 0.6 is 0 Å². The van der Waals surface area contributed by atoms with Crippen LogP contribution in [0.3, 0.4) is 0 Å². The third-order valence-corrected chi connectivity index (χ3v) is 9.87. The van der Waals surface area contributed by atoms with Crippen molar-refractivity contribution in [1.82, 2.24) is 49.1 Å². The third-order valence-electron chi connectivity index (χ3n) is 9.87. The number of H-pyrrole nitrogens is 4. The van der Waals surface area contributed by atoms with Gasteiger partial charge in [0.1, 0.15) is 11.4 Å². The van der Waals surface area contributed by atoms with Gasteiger partial charge in [-0.25, -0.2) is 68.5 Å². The lowest BCUT2D eigenvalue weighted by molar-refractivity contribution is -0.136. The molecule has 27 heteroatoms. The second-order valence-electron chi connectivity index (χ2n) is 13.7. The van der Waals surface area contributed by atoms with Gasteiger partial charge in [-0.05, 0) is 12.1 Å². The largest absolute Gasteiger partial charge is 0.509 e. The summed E-state index contributed by atoms with van der Waals surface area (Å²) >= 11 is 0. The summed E-state index contributed by atoms with van der Waals surface area (Å²) in [5.41, 5.74) is -5.72. The number of fused-ring (bicyclic) bond motifs is 2. The first-order valence-electron chi connectivity index (χ1n) is 17.5. The molecule has 2 fully saturated rings. The van der Waals surface area contributed by atoms with E-state index in [1.807, 2.05) is 9.97 Å². The molecule has 60 heavy (non-hydrogen) atoms. The number of ether oxygens (including phenoxy) is 2. The Morgan fingerprint density at radius 2 is 1.10 bits per heavy atom. The van der Waals surface area contributed by atoms with Crippen LogP contribution in [0.4, 0.5) is 51.3 Å². The molecule has 0 aliphatic carbocycles. The molecule has 0 bridgehead atoms. The summed E-state index contributed by atoms with van der Waals surface area (Å²) in [5.74, 6) is -8.40. The van der Waals surface area contributed by atoms with Crippen molar-refractivity contribution >= 4 is 28.8 Å². The van der Waals surface area contributed by atoms with E-state index < -0.39 is 104 Å². The first-order valence-corrected chi connectivity index (χ1v) is 17.5. The molecule has 19 nitrogen and oxygen atoms in total. The van der Waals surface area contributed by atoms with E-state index in [2.05, 4.69) is 30.1 Å². The van der Waals surface area contributed by atoms with Gasteiger partial charge in [-0.15, -0.1) is 0 Å². The quantitative estimate of drug-likeness (QED) is 0.115. The zero-order chi connectivity index (χ0) is 42.8. The van der Waals surface area contributed by atoms with E-state index in [0.29, 0.717) is 9.80 Å². The SMILES string of the molecule is O=C(O[C@@H]1[C@@H](CC(F)F)N(c2cc(-c3c[nH]c(=O)[nH]c3=O)nn3ccnc23)CC1(F)F)O[C@@H]1[C@@H](CC(F)F)N(c2cc(-c3c[nH]c(=O)[nH]c3=O)nn3ccnc23)CC1(F)F. The summed E-state index contributed by atoms with van der Waals surface area (Å²) in [7, 11) is 0. The van der Waals surface area contributed by atoms with Crippen LogP contribution in [0.1, 0.15) is 12.8 Å². The average Bonchev–Trinajstić information content (AvgIpc) is 3.93.